The van der Waals surface area contributed by atoms with Gasteiger partial charge in [0.1, 0.15) is 0 Å². The van der Waals surface area contributed by atoms with Crippen molar-refractivity contribution in [1.82, 2.24) is 0 Å². The van der Waals surface area contributed by atoms with Gasteiger partial charge in [-0.15, -0.1) is 12.8 Å². The Balaban J connectivity index is -0.000000308. The zero-order valence-electron chi connectivity index (χ0n) is 15.0. The Morgan fingerprint density at radius 1 is 0.826 bits per heavy atom. The molecule has 0 amide bonds. The molecule has 2 rings (SSSR count). The maximum Gasteiger partial charge on any atom is 2.00 e. The van der Waals surface area contributed by atoms with E-state index >= 15 is 0 Å². The van der Waals surface area contributed by atoms with Gasteiger partial charge >= 0.3 is 26.2 Å². The molecule has 0 bridgehead atoms. The summed E-state index contributed by atoms with van der Waals surface area (Å²) in [7, 11) is 0. The topological polar surface area (TPSA) is 0 Å². The molecule has 0 aliphatic heterocycles. The fraction of sp³-hybridized carbons (Fsp3) is 0.600. The molecule has 0 heterocycles. The minimum absolute atomic E-state index is 0. The van der Waals surface area contributed by atoms with Crippen LogP contribution in [-0.2, 0) is 26.2 Å². The molecule has 23 heavy (non-hydrogen) atoms. The van der Waals surface area contributed by atoms with Crippen LogP contribution in [0.25, 0.3) is 0 Å². The van der Waals surface area contributed by atoms with E-state index < -0.39 is 0 Å². The third-order valence-electron chi connectivity index (χ3n) is 4.03. The summed E-state index contributed by atoms with van der Waals surface area (Å²) in [6, 6.07) is 0. The first kappa shape index (κ1) is 28.2. The van der Waals surface area contributed by atoms with Crippen LogP contribution in [0.4, 0.5) is 0 Å². The Hall–Kier alpha value is 0.423. The van der Waals surface area contributed by atoms with Crippen LogP contribution in [0.5, 0.6) is 0 Å². The van der Waals surface area contributed by atoms with Gasteiger partial charge in [0, 0.05) is 0 Å². The summed E-state index contributed by atoms with van der Waals surface area (Å²) >= 11 is 0. The molecule has 3 heteroatoms. The van der Waals surface area contributed by atoms with E-state index in [1.807, 2.05) is 0 Å². The van der Waals surface area contributed by atoms with Gasteiger partial charge in [-0.1, -0.05) is 65.2 Å². The van der Waals surface area contributed by atoms with Crippen molar-refractivity contribution in [3.05, 3.63) is 47.6 Å². The van der Waals surface area contributed by atoms with E-state index in [2.05, 4.69) is 64.2 Å². The zero-order chi connectivity index (χ0) is 14.8. The molecule has 0 radical (unpaired) electrons. The second kappa shape index (κ2) is 17.3. The van der Waals surface area contributed by atoms with Crippen LogP contribution in [0.2, 0.25) is 0 Å². The van der Waals surface area contributed by atoms with Gasteiger partial charge in [0.25, 0.3) is 0 Å². The zero-order valence-corrected chi connectivity index (χ0v) is 18.9. The van der Waals surface area contributed by atoms with E-state index in [4.69, 9.17) is 0 Å². The summed E-state index contributed by atoms with van der Waals surface area (Å²) in [6.45, 7) is 9.05. The molecule has 2 aliphatic rings. The molecule has 0 aromatic carbocycles. The van der Waals surface area contributed by atoms with Gasteiger partial charge in [-0.25, -0.2) is 12.2 Å². The van der Waals surface area contributed by atoms with Crippen molar-refractivity contribution in [2.24, 2.45) is 11.8 Å². The van der Waals surface area contributed by atoms with E-state index in [0.717, 1.165) is 24.7 Å². The van der Waals surface area contributed by atoms with Crippen LogP contribution in [-0.4, -0.2) is 0 Å². The van der Waals surface area contributed by atoms with Crippen molar-refractivity contribution < 1.29 is 51.0 Å². The number of rotatable bonds is 6. The van der Waals surface area contributed by atoms with E-state index in [1.165, 1.54) is 36.8 Å². The second-order valence-corrected chi connectivity index (χ2v) is 5.89. The molecule has 0 saturated carbocycles. The van der Waals surface area contributed by atoms with Gasteiger partial charge in [0.2, 0.25) is 0 Å². The first-order chi connectivity index (χ1) is 9.69. The van der Waals surface area contributed by atoms with Crippen molar-refractivity contribution in [2.75, 3.05) is 0 Å². The first-order valence-electron chi connectivity index (χ1n) is 8.22. The molecule has 0 nitrogen and oxygen atoms in total. The van der Waals surface area contributed by atoms with Crippen LogP contribution < -0.4 is 24.8 Å². The third kappa shape index (κ3) is 11.6. The fourth-order valence-corrected chi connectivity index (χ4v) is 2.71. The average molecular weight is 433 g/mol. The van der Waals surface area contributed by atoms with E-state index in [0.29, 0.717) is 0 Å². The third-order valence-corrected chi connectivity index (χ3v) is 4.03. The normalized spacial score (nSPS) is 16.7. The Morgan fingerprint density at radius 3 is 1.39 bits per heavy atom. The summed E-state index contributed by atoms with van der Waals surface area (Å²) in [5.41, 5.74) is 2.98. The van der Waals surface area contributed by atoms with Crippen LogP contribution in [0, 0.1) is 24.0 Å². The molecule has 0 spiro atoms. The van der Waals surface area contributed by atoms with Crippen LogP contribution in [0.3, 0.4) is 0 Å². The number of hydrogen-bond donors (Lipinski definition) is 0. The van der Waals surface area contributed by atoms with E-state index in [9.17, 15) is 0 Å². The molecule has 0 aromatic rings. The Bertz CT molecular complexity index is 356. The number of halogens is 2. The van der Waals surface area contributed by atoms with Gasteiger partial charge in [-0.2, -0.15) is 23.3 Å². The van der Waals surface area contributed by atoms with Crippen LogP contribution >= 0.6 is 0 Å². The standard InChI is InChI=1S/2C10H15.2ClH.Zr/c2*1-3-6-9(2)10-7-4-5-8-10;;;/h2*7-9H,3-4,6H2,1-2H3;2*1H;/q2*-1;;;+2/p-2. The number of hydrogen-bond acceptors (Lipinski definition) is 0. The SMILES string of the molecule is CCCC(C)C1=CC[C-]=C1.CCCC(C)C1=CC[C-]=C1.[Cl-].[Cl-].[Zr+2]. The summed E-state index contributed by atoms with van der Waals surface area (Å²) < 4.78 is 0. The van der Waals surface area contributed by atoms with Gasteiger partial charge in [-0.05, 0) is 0 Å². The minimum Gasteiger partial charge on any atom is -1.00 e. The summed E-state index contributed by atoms with van der Waals surface area (Å²) in [5, 5.41) is 0. The average Bonchev–Trinajstić information content (AvgIpc) is 3.14. The maximum atomic E-state index is 3.19. The number of allylic oxidation sites excluding steroid dienone is 8. The molecule has 0 fully saturated rings. The summed E-state index contributed by atoms with van der Waals surface area (Å²) in [6.07, 6.45) is 22.5. The maximum absolute atomic E-state index is 3.19. The van der Waals surface area contributed by atoms with Crippen molar-refractivity contribution in [1.29, 1.82) is 0 Å². The van der Waals surface area contributed by atoms with Crippen molar-refractivity contribution >= 4 is 0 Å². The van der Waals surface area contributed by atoms with Crippen LogP contribution in [0.1, 0.15) is 66.2 Å². The van der Waals surface area contributed by atoms with Gasteiger partial charge < -0.3 is 24.8 Å². The molecule has 0 aromatic heterocycles. The molecule has 0 N–H and O–H groups in total. The van der Waals surface area contributed by atoms with Crippen LogP contribution in [0.15, 0.2) is 35.5 Å². The molecular formula is C20H30Cl2Zr-2. The molecule has 0 saturated heterocycles. The molecule has 130 valence electrons. The van der Waals surface area contributed by atoms with Crippen molar-refractivity contribution in [3.8, 4) is 0 Å². The smallest absolute Gasteiger partial charge is 1.00 e. The van der Waals surface area contributed by atoms with E-state index in [1.54, 1.807) is 0 Å². The van der Waals surface area contributed by atoms with Gasteiger partial charge in [0.15, 0.2) is 0 Å². The predicted molar refractivity (Wildman–Crippen MR) is 89.2 cm³/mol. The van der Waals surface area contributed by atoms with Gasteiger partial charge in [-0.3, -0.25) is 12.2 Å². The summed E-state index contributed by atoms with van der Waals surface area (Å²) in [4.78, 5) is 0. The second-order valence-electron chi connectivity index (χ2n) is 5.89. The Kier molecular flexibility index (Phi) is 21.2. The quantitative estimate of drug-likeness (QED) is 0.528. The Morgan fingerprint density at radius 2 is 1.17 bits per heavy atom. The van der Waals surface area contributed by atoms with Gasteiger partial charge in [0.05, 0.1) is 0 Å². The first-order valence-corrected chi connectivity index (χ1v) is 8.22. The monoisotopic (exact) mass is 430 g/mol. The molecule has 2 aliphatic carbocycles. The Labute approximate surface area is 175 Å². The van der Waals surface area contributed by atoms with Crippen molar-refractivity contribution in [3.63, 3.8) is 0 Å². The fourth-order valence-electron chi connectivity index (χ4n) is 2.71. The largest absolute Gasteiger partial charge is 2.00 e. The van der Waals surface area contributed by atoms with Crippen molar-refractivity contribution in [2.45, 2.75) is 66.2 Å². The summed E-state index contributed by atoms with van der Waals surface area (Å²) in [5.74, 6) is 1.50. The predicted octanol–water partition coefficient (Wildman–Crippen LogP) is 0.230. The molecule has 2 unspecified atom stereocenters. The van der Waals surface area contributed by atoms with E-state index in [-0.39, 0.29) is 51.0 Å². The molecular weight excluding hydrogens is 402 g/mol. The minimum atomic E-state index is 0. The molecule has 2 atom stereocenters.